The fourth-order valence-electron chi connectivity index (χ4n) is 5.56. The van der Waals surface area contributed by atoms with Gasteiger partial charge in [0.15, 0.2) is 5.69 Å². The van der Waals surface area contributed by atoms with Gasteiger partial charge in [0, 0.05) is 25.0 Å². The number of amides is 2. The van der Waals surface area contributed by atoms with Crippen molar-refractivity contribution in [2.24, 2.45) is 5.92 Å². The topological polar surface area (TPSA) is 85.7 Å². The lowest BCUT2D eigenvalue weighted by Gasteiger charge is -2.32. The number of nitrogens with zero attached hydrogens (tertiary/aromatic N) is 3. The molecular weight excluding hydrogens is 444 g/mol. The molecule has 1 saturated heterocycles. The Bertz CT molecular complexity index is 1020. The molecular formula is C27H36N4O4. The number of carbonyl (C=O) groups is 2. The summed E-state index contributed by atoms with van der Waals surface area (Å²) < 4.78 is 13.4. The summed E-state index contributed by atoms with van der Waals surface area (Å²) in [6, 6.07) is 8.19. The second-order valence-corrected chi connectivity index (χ2v) is 10.0. The van der Waals surface area contributed by atoms with Crippen molar-refractivity contribution in [2.45, 2.75) is 76.7 Å². The number of hydrogen-bond acceptors (Lipinski definition) is 5. The largest absolute Gasteiger partial charge is 0.497 e. The number of hydrogen-bond donors (Lipinski definition) is 1. The van der Waals surface area contributed by atoms with Crippen molar-refractivity contribution in [2.75, 3.05) is 20.2 Å². The Kier molecular flexibility index (Phi) is 7.37. The standard InChI is InChI=1S/C27H36N4O4/c1-34-22-10-8-19(9-11-22)24-16-31-18-28-25(23(31)17-35-24)27(33)30-14-12-20(13-15-30)26(32)29-21-6-4-2-3-5-7-21/h8-11,18,20-21,24H,2-7,12-17H2,1H3,(H,29,32). The smallest absolute Gasteiger partial charge is 0.274 e. The van der Waals surface area contributed by atoms with Crippen molar-refractivity contribution in [1.82, 2.24) is 19.8 Å². The molecule has 1 aromatic heterocycles. The SMILES string of the molecule is COc1ccc(C2Cn3cnc(C(=O)N4CCC(C(=O)NC5CCCCCC5)CC4)c3CO2)cc1. The van der Waals surface area contributed by atoms with E-state index in [0.29, 0.717) is 50.8 Å². The first kappa shape index (κ1) is 23.9. The zero-order chi connectivity index (χ0) is 24.2. The molecule has 0 bridgehead atoms. The summed E-state index contributed by atoms with van der Waals surface area (Å²) in [4.78, 5) is 32.4. The van der Waals surface area contributed by atoms with E-state index in [0.717, 1.165) is 29.8 Å². The highest BCUT2D eigenvalue weighted by atomic mass is 16.5. The van der Waals surface area contributed by atoms with E-state index < -0.39 is 0 Å². The number of piperidine rings is 1. The van der Waals surface area contributed by atoms with Crippen molar-refractivity contribution in [3.05, 3.63) is 47.5 Å². The molecule has 8 nitrogen and oxygen atoms in total. The van der Waals surface area contributed by atoms with Crippen LogP contribution in [-0.4, -0.2) is 52.5 Å². The minimum Gasteiger partial charge on any atom is -0.497 e. The molecule has 1 aliphatic carbocycles. The summed E-state index contributed by atoms with van der Waals surface area (Å²) in [7, 11) is 1.65. The fraction of sp³-hybridized carbons (Fsp3) is 0.593. The van der Waals surface area contributed by atoms with E-state index in [1.165, 1.54) is 25.7 Å². The lowest BCUT2D eigenvalue weighted by Crippen LogP contribution is -2.45. The maximum Gasteiger partial charge on any atom is 0.274 e. The van der Waals surface area contributed by atoms with Gasteiger partial charge in [-0.3, -0.25) is 9.59 Å². The van der Waals surface area contributed by atoms with E-state index in [4.69, 9.17) is 9.47 Å². The van der Waals surface area contributed by atoms with Gasteiger partial charge in [0.1, 0.15) is 11.9 Å². The Morgan fingerprint density at radius 3 is 2.43 bits per heavy atom. The summed E-state index contributed by atoms with van der Waals surface area (Å²) in [5.41, 5.74) is 2.37. The van der Waals surface area contributed by atoms with E-state index in [9.17, 15) is 9.59 Å². The number of rotatable bonds is 5. The molecule has 1 N–H and O–H groups in total. The number of imidazole rings is 1. The van der Waals surface area contributed by atoms with Crippen LogP contribution in [0, 0.1) is 5.92 Å². The molecule has 1 atom stereocenters. The number of likely N-dealkylation sites (tertiary alicyclic amines) is 1. The average Bonchev–Trinajstić information content (AvgIpc) is 3.16. The molecule has 35 heavy (non-hydrogen) atoms. The van der Waals surface area contributed by atoms with Gasteiger partial charge in [-0.1, -0.05) is 37.8 Å². The van der Waals surface area contributed by atoms with Gasteiger partial charge in [0.25, 0.3) is 5.91 Å². The molecule has 8 heteroatoms. The van der Waals surface area contributed by atoms with Crippen molar-refractivity contribution < 1.29 is 19.1 Å². The first-order valence-corrected chi connectivity index (χ1v) is 13.0. The Labute approximate surface area is 207 Å². The van der Waals surface area contributed by atoms with Crippen LogP contribution in [0.1, 0.15) is 79.2 Å². The molecule has 0 radical (unpaired) electrons. The third-order valence-corrected chi connectivity index (χ3v) is 7.77. The summed E-state index contributed by atoms with van der Waals surface area (Å²) in [6.07, 6.45) is 10.2. The molecule has 188 valence electrons. The van der Waals surface area contributed by atoms with E-state index in [1.807, 2.05) is 33.7 Å². The predicted octanol–water partition coefficient (Wildman–Crippen LogP) is 3.85. The van der Waals surface area contributed by atoms with Crippen LogP contribution in [0.3, 0.4) is 0 Å². The van der Waals surface area contributed by atoms with Crippen molar-refractivity contribution in [1.29, 1.82) is 0 Å². The van der Waals surface area contributed by atoms with Crippen molar-refractivity contribution in [3.63, 3.8) is 0 Å². The van der Waals surface area contributed by atoms with Gasteiger partial charge in [0.05, 0.1) is 32.3 Å². The molecule has 2 amide bonds. The highest BCUT2D eigenvalue weighted by Crippen LogP contribution is 2.30. The number of nitrogens with one attached hydrogen (secondary N) is 1. The van der Waals surface area contributed by atoms with Gasteiger partial charge in [-0.05, 0) is 43.4 Å². The van der Waals surface area contributed by atoms with E-state index in [1.54, 1.807) is 13.4 Å². The van der Waals surface area contributed by atoms with Gasteiger partial charge in [-0.2, -0.15) is 0 Å². The first-order chi connectivity index (χ1) is 17.1. The molecule has 2 aromatic rings. The van der Waals surface area contributed by atoms with Gasteiger partial charge < -0.3 is 24.3 Å². The molecule has 1 saturated carbocycles. The van der Waals surface area contributed by atoms with Crippen LogP contribution >= 0.6 is 0 Å². The highest BCUT2D eigenvalue weighted by Gasteiger charge is 2.32. The van der Waals surface area contributed by atoms with E-state index in [-0.39, 0.29) is 23.8 Å². The minimum atomic E-state index is -0.0896. The van der Waals surface area contributed by atoms with Crippen LogP contribution in [0.4, 0.5) is 0 Å². The normalized spacial score (nSPS) is 21.7. The third kappa shape index (κ3) is 5.37. The maximum atomic E-state index is 13.3. The van der Waals surface area contributed by atoms with Gasteiger partial charge in [-0.25, -0.2) is 4.98 Å². The number of methoxy groups -OCH3 is 1. The minimum absolute atomic E-state index is 0.00759. The zero-order valence-electron chi connectivity index (χ0n) is 20.6. The molecule has 1 unspecified atom stereocenters. The number of carbonyl (C=O) groups excluding carboxylic acids is 2. The van der Waals surface area contributed by atoms with Crippen LogP contribution in [0.25, 0.3) is 0 Å². The second-order valence-electron chi connectivity index (χ2n) is 10.0. The quantitative estimate of drug-likeness (QED) is 0.657. The monoisotopic (exact) mass is 480 g/mol. The van der Waals surface area contributed by atoms with Gasteiger partial charge in [-0.15, -0.1) is 0 Å². The Hall–Kier alpha value is -2.87. The molecule has 1 aromatic carbocycles. The number of benzene rings is 1. The third-order valence-electron chi connectivity index (χ3n) is 7.77. The summed E-state index contributed by atoms with van der Waals surface area (Å²) in [5, 5.41) is 3.28. The lowest BCUT2D eigenvalue weighted by molar-refractivity contribution is -0.127. The Morgan fingerprint density at radius 1 is 1.03 bits per heavy atom. The average molecular weight is 481 g/mol. The number of aromatic nitrogens is 2. The first-order valence-electron chi connectivity index (χ1n) is 13.0. The summed E-state index contributed by atoms with van der Waals surface area (Å²) >= 11 is 0. The summed E-state index contributed by atoms with van der Waals surface area (Å²) in [5.74, 6) is 0.910. The lowest BCUT2D eigenvalue weighted by atomic mass is 9.94. The van der Waals surface area contributed by atoms with Crippen LogP contribution < -0.4 is 10.1 Å². The number of ether oxygens (including phenoxy) is 2. The highest BCUT2D eigenvalue weighted by molar-refractivity contribution is 5.93. The van der Waals surface area contributed by atoms with Gasteiger partial charge in [0.2, 0.25) is 5.91 Å². The predicted molar refractivity (Wildman–Crippen MR) is 131 cm³/mol. The van der Waals surface area contributed by atoms with Crippen LogP contribution in [-0.2, 0) is 22.7 Å². The number of fused-ring (bicyclic) bond motifs is 1. The van der Waals surface area contributed by atoms with Crippen LogP contribution in [0.2, 0.25) is 0 Å². The Morgan fingerprint density at radius 2 is 1.74 bits per heavy atom. The van der Waals surface area contributed by atoms with Gasteiger partial charge >= 0.3 is 0 Å². The van der Waals surface area contributed by atoms with Crippen LogP contribution in [0.5, 0.6) is 5.75 Å². The Balaban J connectivity index is 1.15. The second kappa shape index (κ2) is 10.8. The van der Waals surface area contributed by atoms with Crippen molar-refractivity contribution >= 4 is 11.8 Å². The molecule has 3 aliphatic rings. The van der Waals surface area contributed by atoms with E-state index >= 15 is 0 Å². The maximum absolute atomic E-state index is 13.3. The zero-order valence-corrected chi connectivity index (χ0v) is 20.6. The molecule has 3 heterocycles. The summed E-state index contributed by atoms with van der Waals surface area (Å²) in [6.45, 7) is 2.13. The van der Waals surface area contributed by atoms with Crippen LogP contribution in [0.15, 0.2) is 30.6 Å². The fourth-order valence-corrected chi connectivity index (χ4v) is 5.56. The molecule has 0 spiro atoms. The van der Waals surface area contributed by atoms with Crippen molar-refractivity contribution in [3.8, 4) is 5.75 Å². The molecule has 2 fully saturated rings. The van der Waals surface area contributed by atoms with E-state index in [2.05, 4.69) is 10.3 Å². The molecule has 2 aliphatic heterocycles. The molecule has 5 rings (SSSR count).